The van der Waals surface area contributed by atoms with Gasteiger partial charge in [-0.2, -0.15) is 0 Å². The minimum atomic E-state index is 0. The molecule has 0 unspecified atom stereocenters. The average Bonchev–Trinajstić information content (AvgIpc) is 2.55. The Balaban J connectivity index is 0.00000264. The number of benzene rings is 1. The van der Waals surface area contributed by atoms with E-state index in [1.165, 1.54) is 0 Å². The smallest absolute Gasteiger partial charge is 0.219 e. The lowest BCUT2D eigenvalue weighted by Crippen LogP contribution is -2.30. The largest absolute Gasteiger partial charge is 0.494 e. The maximum absolute atomic E-state index is 5.73. The van der Waals surface area contributed by atoms with E-state index in [1.807, 2.05) is 43.3 Å². The number of pyridine rings is 1. The molecule has 1 aromatic heterocycles. The molecule has 2 aromatic rings. The molecule has 23 heavy (non-hydrogen) atoms. The molecule has 0 radical (unpaired) electrons. The minimum absolute atomic E-state index is 0. The van der Waals surface area contributed by atoms with E-state index in [9.17, 15) is 0 Å². The highest BCUT2D eigenvalue weighted by atomic mass is 127. The van der Waals surface area contributed by atoms with Crippen LogP contribution in [0.1, 0.15) is 12.5 Å². The third-order valence-corrected chi connectivity index (χ3v) is 2.87. The molecule has 6 nitrogen and oxygen atoms in total. The van der Waals surface area contributed by atoms with Gasteiger partial charge in [0.2, 0.25) is 5.88 Å². The van der Waals surface area contributed by atoms with Gasteiger partial charge in [-0.3, -0.25) is 4.99 Å². The van der Waals surface area contributed by atoms with Crippen molar-refractivity contribution in [1.82, 2.24) is 10.3 Å². The number of guanidine groups is 1. The summed E-state index contributed by atoms with van der Waals surface area (Å²) in [5.41, 5.74) is 6.60. The molecule has 3 N–H and O–H groups in total. The monoisotopic (exact) mass is 428 g/mol. The zero-order valence-electron chi connectivity index (χ0n) is 13.2. The van der Waals surface area contributed by atoms with Crippen molar-refractivity contribution in [3.8, 4) is 17.4 Å². The van der Waals surface area contributed by atoms with Gasteiger partial charge in [-0.15, -0.1) is 24.0 Å². The van der Waals surface area contributed by atoms with Crippen molar-refractivity contribution in [2.75, 3.05) is 13.7 Å². The van der Waals surface area contributed by atoms with Crippen LogP contribution in [0.15, 0.2) is 47.6 Å². The first-order valence-corrected chi connectivity index (χ1v) is 7.03. The van der Waals surface area contributed by atoms with Gasteiger partial charge >= 0.3 is 0 Å². The zero-order valence-corrected chi connectivity index (χ0v) is 15.5. The highest BCUT2D eigenvalue weighted by Gasteiger charge is 2.02. The van der Waals surface area contributed by atoms with Gasteiger partial charge in [0.25, 0.3) is 0 Å². The number of nitrogens with one attached hydrogen (secondary N) is 1. The van der Waals surface area contributed by atoms with Crippen LogP contribution >= 0.6 is 24.0 Å². The molecular formula is C16H21IN4O2. The quantitative estimate of drug-likeness (QED) is 0.420. The van der Waals surface area contributed by atoms with Crippen LogP contribution < -0.4 is 20.5 Å². The van der Waals surface area contributed by atoms with E-state index in [0.29, 0.717) is 30.7 Å². The molecule has 0 bridgehead atoms. The van der Waals surface area contributed by atoms with Crippen molar-refractivity contribution in [1.29, 1.82) is 0 Å². The van der Waals surface area contributed by atoms with Gasteiger partial charge in [0.05, 0.1) is 6.61 Å². The predicted molar refractivity (Wildman–Crippen MR) is 102 cm³/mol. The standard InChI is InChI=1S/C16H20N4O2.HI/c1-3-21-13-4-6-14(7-5-13)22-15-10-12(8-9-19-15)11-20-16(17)18-2;/h4-10H,3,11H2,1-2H3,(H3,17,18,20);1H. The molecule has 0 saturated carbocycles. The van der Waals surface area contributed by atoms with Gasteiger partial charge in [0.15, 0.2) is 5.96 Å². The van der Waals surface area contributed by atoms with Crippen molar-refractivity contribution >= 4 is 29.9 Å². The Morgan fingerprint density at radius 2 is 1.91 bits per heavy atom. The van der Waals surface area contributed by atoms with Gasteiger partial charge in [-0.1, -0.05) is 0 Å². The Kier molecular flexibility index (Phi) is 8.17. The number of hydrogen-bond donors (Lipinski definition) is 2. The molecule has 0 saturated heterocycles. The summed E-state index contributed by atoms with van der Waals surface area (Å²) in [6, 6.07) is 11.2. The van der Waals surface area contributed by atoms with Crippen molar-refractivity contribution in [2.24, 2.45) is 10.7 Å². The van der Waals surface area contributed by atoms with Crippen LogP contribution in [-0.2, 0) is 6.54 Å². The van der Waals surface area contributed by atoms with E-state index in [1.54, 1.807) is 13.2 Å². The van der Waals surface area contributed by atoms with E-state index in [-0.39, 0.29) is 24.0 Å². The number of hydrogen-bond acceptors (Lipinski definition) is 4. The summed E-state index contributed by atoms with van der Waals surface area (Å²) in [6.07, 6.45) is 1.69. The van der Waals surface area contributed by atoms with Crippen molar-refractivity contribution in [2.45, 2.75) is 13.5 Å². The van der Waals surface area contributed by atoms with E-state index in [0.717, 1.165) is 11.3 Å². The van der Waals surface area contributed by atoms with Crippen LogP contribution in [0.25, 0.3) is 0 Å². The summed E-state index contributed by atoms with van der Waals surface area (Å²) in [5.74, 6) is 2.44. The number of nitrogens with zero attached hydrogens (tertiary/aromatic N) is 2. The van der Waals surface area contributed by atoms with E-state index in [4.69, 9.17) is 15.2 Å². The van der Waals surface area contributed by atoms with Crippen LogP contribution in [0.2, 0.25) is 0 Å². The first-order valence-electron chi connectivity index (χ1n) is 7.03. The Bertz CT molecular complexity index is 632. The van der Waals surface area contributed by atoms with Gasteiger partial charge in [0.1, 0.15) is 11.5 Å². The minimum Gasteiger partial charge on any atom is -0.494 e. The maximum Gasteiger partial charge on any atom is 0.219 e. The maximum atomic E-state index is 5.73. The lowest BCUT2D eigenvalue weighted by molar-refractivity contribution is 0.339. The molecule has 124 valence electrons. The fourth-order valence-electron chi connectivity index (χ4n) is 1.78. The summed E-state index contributed by atoms with van der Waals surface area (Å²) < 4.78 is 11.1. The fourth-order valence-corrected chi connectivity index (χ4v) is 1.78. The zero-order chi connectivity index (χ0) is 15.8. The number of ether oxygens (including phenoxy) is 2. The molecule has 1 heterocycles. The van der Waals surface area contributed by atoms with Crippen molar-refractivity contribution in [3.05, 3.63) is 48.2 Å². The average molecular weight is 428 g/mol. The number of halogens is 1. The molecule has 0 aliphatic heterocycles. The van der Waals surface area contributed by atoms with Gasteiger partial charge in [0, 0.05) is 25.9 Å². The van der Waals surface area contributed by atoms with Crippen molar-refractivity contribution < 1.29 is 9.47 Å². The molecule has 7 heteroatoms. The Morgan fingerprint density at radius 3 is 2.57 bits per heavy atom. The van der Waals surface area contributed by atoms with Crippen LogP contribution in [0.5, 0.6) is 17.4 Å². The molecule has 0 spiro atoms. The number of aliphatic imine (C=N–C) groups is 1. The highest BCUT2D eigenvalue weighted by molar-refractivity contribution is 14.0. The first-order chi connectivity index (χ1) is 10.7. The second kappa shape index (κ2) is 9.88. The van der Waals surface area contributed by atoms with Gasteiger partial charge < -0.3 is 20.5 Å². The summed E-state index contributed by atoms with van der Waals surface area (Å²) in [7, 11) is 1.63. The molecule has 0 atom stereocenters. The van der Waals surface area contributed by atoms with Gasteiger partial charge in [-0.05, 0) is 42.8 Å². The first kappa shape index (κ1) is 19.0. The summed E-state index contributed by atoms with van der Waals surface area (Å²) in [5, 5.41) is 2.99. The number of aromatic nitrogens is 1. The highest BCUT2D eigenvalue weighted by Crippen LogP contribution is 2.22. The van der Waals surface area contributed by atoms with E-state index in [2.05, 4.69) is 15.3 Å². The second-order valence-electron chi connectivity index (χ2n) is 4.47. The van der Waals surface area contributed by atoms with Crippen LogP contribution in [0.4, 0.5) is 0 Å². The molecule has 0 amide bonds. The predicted octanol–water partition coefficient (Wildman–Crippen LogP) is 2.92. The molecule has 1 aromatic carbocycles. The molecule has 0 aliphatic carbocycles. The Labute approximate surface area is 153 Å². The van der Waals surface area contributed by atoms with Gasteiger partial charge in [-0.25, -0.2) is 4.98 Å². The third-order valence-electron chi connectivity index (χ3n) is 2.87. The molecule has 2 rings (SSSR count). The summed E-state index contributed by atoms with van der Waals surface area (Å²) in [6.45, 7) is 3.15. The molecule has 0 aliphatic rings. The number of rotatable bonds is 6. The van der Waals surface area contributed by atoms with Crippen LogP contribution in [-0.4, -0.2) is 24.6 Å². The topological polar surface area (TPSA) is 81.8 Å². The Hall–Kier alpha value is -2.03. The lowest BCUT2D eigenvalue weighted by atomic mass is 10.2. The van der Waals surface area contributed by atoms with E-state index >= 15 is 0 Å². The van der Waals surface area contributed by atoms with Crippen molar-refractivity contribution in [3.63, 3.8) is 0 Å². The Morgan fingerprint density at radius 1 is 1.22 bits per heavy atom. The summed E-state index contributed by atoms with van der Waals surface area (Å²) >= 11 is 0. The van der Waals surface area contributed by atoms with Crippen LogP contribution in [0, 0.1) is 0 Å². The SMILES string of the molecule is CCOc1ccc(Oc2cc(CNC(N)=NC)ccn2)cc1.I. The second-order valence-corrected chi connectivity index (χ2v) is 4.47. The summed E-state index contributed by atoms with van der Waals surface area (Å²) in [4.78, 5) is 8.04. The normalized spacial score (nSPS) is 10.6. The molecular weight excluding hydrogens is 407 g/mol. The third kappa shape index (κ3) is 6.31. The fraction of sp³-hybridized carbons (Fsp3) is 0.250. The molecule has 0 fully saturated rings. The van der Waals surface area contributed by atoms with E-state index < -0.39 is 0 Å². The van der Waals surface area contributed by atoms with Crippen LogP contribution in [0.3, 0.4) is 0 Å². The lowest BCUT2D eigenvalue weighted by Gasteiger charge is -2.09. The number of nitrogens with two attached hydrogens (primary N) is 1.